The number of nitro groups is 1. The minimum absolute atomic E-state index is 0.0538. The van der Waals surface area contributed by atoms with Gasteiger partial charge >= 0.3 is 0 Å². The molecule has 1 aromatic heterocycles. The van der Waals surface area contributed by atoms with Gasteiger partial charge in [-0.2, -0.15) is 0 Å². The number of aromatic nitrogens is 3. The Balaban J connectivity index is 2.12. The predicted octanol–water partition coefficient (Wildman–Crippen LogP) is 2.65. The number of aryl methyl sites for hydroxylation is 1. The molecule has 0 aliphatic heterocycles. The van der Waals surface area contributed by atoms with Gasteiger partial charge in [0.2, 0.25) is 5.16 Å². The van der Waals surface area contributed by atoms with E-state index in [1.165, 1.54) is 18.2 Å². The lowest BCUT2D eigenvalue weighted by atomic mass is 10.1. The number of thioether (sulfide) groups is 1. The molecule has 0 spiro atoms. The third-order valence-corrected chi connectivity index (χ3v) is 3.55. The first kappa shape index (κ1) is 14.5. The second-order valence-electron chi connectivity index (χ2n) is 3.84. The maximum Gasteiger partial charge on any atom is 0.270 e. The summed E-state index contributed by atoms with van der Waals surface area (Å²) in [4.78, 5) is 26.2. The molecule has 7 nitrogen and oxygen atoms in total. The summed E-state index contributed by atoms with van der Waals surface area (Å²) in [5, 5.41) is 17.9. The summed E-state index contributed by atoms with van der Waals surface area (Å²) >= 11 is 7.03. The van der Waals surface area contributed by atoms with E-state index in [0.717, 1.165) is 11.8 Å². The van der Waals surface area contributed by atoms with Crippen molar-refractivity contribution in [3.8, 4) is 0 Å². The molecule has 0 saturated heterocycles. The molecule has 0 aliphatic rings. The molecule has 0 radical (unpaired) electrons. The number of halogens is 1. The van der Waals surface area contributed by atoms with E-state index in [1.54, 1.807) is 6.92 Å². The third-order valence-electron chi connectivity index (χ3n) is 2.37. The fraction of sp³-hybridized carbons (Fsp3) is 0.182. The second-order valence-corrected chi connectivity index (χ2v) is 5.19. The maximum atomic E-state index is 12.0. The number of aromatic amines is 1. The number of carbonyl (C=O) groups is 1. The largest absolute Gasteiger partial charge is 0.293 e. The fourth-order valence-electron chi connectivity index (χ4n) is 1.44. The van der Waals surface area contributed by atoms with Crippen molar-refractivity contribution in [3.63, 3.8) is 0 Å². The second kappa shape index (κ2) is 6.02. The van der Waals surface area contributed by atoms with Crippen LogP contribution in [0.15, 0.2) is 23.4 Å². The highest BCUT2D eigenvalue weighted by Gasteiger charge is 2.16. The number of Topliss-reactive ketones (excluding diaryl/α,β-unsaturated/α-hetero) is 1. The van der Waals surface area contributed by atoms with Gasteiger partial charge in [0.05, 0.1) is 15.7 Å². The Labute approximate surface area is 122 Å². The molecule has 0 saturated carbocycles. The van der Waals surface area contributed by atoms with Crippen molar-refractivity contribution in [3.05, 3.63) is 44.7 Å². The zero-order valence-corrected chi connectivity index (χ0v) is 11.9. The molecule has 1 N–H and O–H groups in total. The molecule has 0 bridgehead atoms. The minimum Gasteiger partial charge on any atom is -0.293 e. The van der Waals surface area contributed by atoms with Crippen molar-refractivity contribution in [1.82, 2.24) is 15.2 Å². The molecule has 0 fully saturated rings. The molecule has 0 amide bonds. The average molecular weight is 313 g/mol. The van der Waals surface area contributed by atoms with Crippen molar-refractivity contribution >= 4 is 34.8 Å². The number of non-ortho nitro benzene ring substituents is 1. The molecule has 2 rings (SSSR count). The molecular formula is C11H9ClN4O3S. The molecule has 20 heavy (non-hydrogen) atoms. The number of H-pyrrole nitrogens is 1. The lowest BCUT2D eigenvalue weighted by Gasteiger charge is -2.02. The lowest BCUT2D eigenvalue weighted by molar-refractivity contribution is -0.384. The van der Waals surface area contributed by atoms with Crippen LogP contribution in [-0.2, 0) is 0 Å². The molecule has 104 valence electrons. The van der Waals surface area contributed by atoms with Gasteiger partial charge in [-0.05, 0) is 13.0 Å². The number of benzene rings is 1. The lowest BCUT2D eigenvalue weighted by Crippen LogP contribution is -2.04. The summed E-state index contributed by atoms with van der Waals surface area (Å²) in [5.74, 6) is 0.387. The monoisotopic (exact) mass is 312 g/mol. The summed E-state index contributed by atoms with van der Waals surface area (Å²) in [6.07, 6.45) is 0. The molecule has 1 aromatic carbocycles. The molecule has 2 aromatic rings. The highest BCUT2D eigenvalue weighted by Crippen LogP contribution is 2.24. The predicted molar refractivity (Wildman–Crippen MR) is 74.3 cm³/mol. The van der Waals surface area contributed by atoms with Crippen molar-refractivity contribution in [2.45, 2.75) is 12.1 Å². The summed E-state index contributed by atoms with van der Waals surface area (Å²) in [7, 11) is 0. The van der Waals surface area contributed by atoms with Crippen LogP contribution in [0, 0.1) is 17.0 Å². The van der Waals surface area contributed by atoms with E-state index in [0.29, 0.717) is 11.0 Å². The van der Waals surface area contributed by atoms with Crippen LogP contribution in [0.5, 0.6) is 0 Å². The van der Waals surface area contributed by atoms with Crippen molar-refractivity contribution in [2.75, 3.05) is 5.75 Å². The van der Waals surface area contributed by atoms with Crippen LogP contribution in [0.25, 0.3) is 0 Å². The van der Waals surface area contributed by atoms with Gasteiger partial charge < -0.3 is 0 Å². The van der Waals surface area contributed by atoms with Crippen molar-refractivity contribution in [1.29, 1.82) is 0 Å². The van der Waals surface area contributed by atoms with Crippen LogP contribution in [0.4, 0.5) is 5.69 Å². The molecule has 0 unspecified atom stereocenters. The number of carbonyl (C=O) groups excluding carboxylic acids is 1. The van der Waals surface area contributed by atoms with Crippen LogP contribution in [-0.4, -0.2) is 31.6 Å². The SMILES string of the molecule is Cc1nc(SCC(=O)c2cc([N+](=O)[O-])ccc2Cl)n[nH]1. The number of hydrogen-bond acceptors (Lipinski definition) is 6. The quantitative estimate of drug-likeness (QED) is 0.394. The maximum absolute atomic E-state index is 12.0. The summed E-state index contributed by atoms with van der Waals surface area (Å²) < 4.78 is 0. The van der Waals surface area contributed by atoms with Crippen LogP contribution < -0.4 is 0 Å². The van der Waals surface area contributed by atoms with Crippen LogP contribution in [0.2, 0.25) is 5.02 Å². The van der Waals surface area contributed by atoms with Gasteiger partial charge in [-0.1, -0.05) is 23.4 Å². The van der Waals surface area contributed by atoms with Gasteiger partial charge in [-0.15, -0.1) is 5.10 Å². The number of nitrogens with one attached hydrogen (secondary N) is 1. The van der Waals surface area contributed by atoms with Crippen LogP contribution in [0.1, 0.15) is 16.2 Å². The topological polar surface area (TPSA) is 102 Å². The van der Waals surface area contributed by atoms with Crippen molar-refractivity contribution in [2.24, 2.45) is 0 Å². The molecule has 9 heteroatoms. The number of nitrogens with zero attached hydrogens (tertiary/aromatic N) is 3. The Morgan fingerprint density at radius 1 is 1.55 bits per heavy atom. The zero-order valence-electron chi connectivity index (χ0n) is 10.3. The minimum atomic E-state index is -0.571. The standard InChI is InChI=1S/C11H9ClN4O3S/c1-6-13-11(15-14-6)20-5-10(17)8-4-7(16(18)19)2-3-9(8)12/h2-4H,5H2,1H3,(H,13,14,15). The van der Waals surface area contributed by atoms with Crippen LogP contribution >= 0.6 is 23.4 Å². The first-order valence-electron chi connectivity index (χ1n) is 5.46. The number of hydrogen-bond donors (Lipinski definition) is 1. The average Bonchev–Trinajstić information content (AvgIpc) is 2.82. The van der Waals surface area contributed by atoms with E-state index in [4.69, 9.17) is 11.6 Å². The van der Waals surface area contributed by atoms with E-state index in [-0.39, 0.29) is 27.8 Å². The molecular weight excluding hydrogens is 304 g/mol. The zero-order chi connectivity index (χ0) is 14.7. The first-order chi connectivity index (χ1) is 9.47. The van der Waals surface area contributed by atoms with Crippen molar-refractivity contribution < 1.29 is 9.72 Å². The Morgan fingerprint density at radius 3 is 2.90 bits per heavy atom. The first-order valence-corrected chi connectivity index (χ1v) is 6.82. The van der Waals surface area contributed by atoms with Gasteiger partial charge in [-0.25, -0.2) is 4.98 Å². The Kier molecular flexibility index (Phi) is 4.35. The van der Waals surface area contributed by atoms with E-state index >= 15 is 0 Å². The van der Waals surface area contributed by atoms with E-state index in [1.807, 2.05) is 0 Å². The van der Waals surface area contributed by atoms with Gasteiger partial charge in [0.15, 0.2) is 5.78 Å². The van der Waals surface area contributed by atoms with Gasteiger partial charge in [0.25, 0.3) is 5.69 Å². The normalized spacial score (nSPS) is 10.5. The van der Waals surface area contributed by atoms with Crippen LogP contribution in [0.3, 0.4) is 0 Å². The Bertz CT molecular complexity index is 673. The Morgan fingerprint density at radius 2 is 2.30 bits per heavy atom. The highest BCUT2D eigenvalue weighted by atomic mass is 35.5. The molecule has 1 heterocycles. The molecule has 0 aliphatic carbocycles. The Hall–Kier alpha value is -1.93. The van der Waals surface area contributed by atoms with Gasteiger partial charge in [-0.3, -0.25) is 20.0 Å². The van der Waals surface area contributed by atoms with E-state index in [2.05, 4.69) is 15.2 Å². The smallest absolute Gasteiger partial charge is 0.270 e. The number of rotatable bonds is 5. The van der Waals surface area contributed by atoms with E-state index < -0.39 is 4.92 Å². The third kappa shape index (κ3) is 3.34. The van der Waals surface area contributed by atoms with Gasteiger partial charge in [0, 0.05) is 17.7 Å². The highest BCUT2D eigenvalue weighted by molar-refractivity contribution is 7.99. The number of nitro benzene ring substituents is 1. The van der Waals surface area contributed by atoms with E-state index in [9.17, 15) is 14.9 Å². The summed E-state index contributed by atoms with van der Waals surface area (Å²) in [5.41, 5.74) is -0.0443. The molecule has 0 atom stereocenters. The van der Waals surface area contributed by atoms with Gasteiger partial charge in [0.1, 0.15) is 5.82 Å². The number of ketones is 1. The fourth-order valence-corrected chi connectivity index (χ4v) is 2.39. The summed E-state index contributed by atoms with van der Waals surface area (Å²) in [6.45, 7) is 1.75. The summed E-state index contributed by atoms with van der Waals surface area (Å²) in [6, 6.07) is 3.77.